The molecule has 98 valence electrons. The number of Topliss-reactive ketones (excluding diaryl/α,β-unsaturated/α-hetero) is 1. The molecular formula is C16H28O. The van der Waals surface area contributed by atoms with Crippen LogP contribution in [0.25, 0.3) is 0 Å². The van der Waals surface area contributed by atoms with Gasteiger partial charge in [0.1, 0.15) is 5.78 Å². The average molecular weight is 236 g/mol. The molecule has 1 aliphatic carbocycles. The van der Waals surface area contributed by atoms with Gasteiger partial charge < -0.3 is 0 Å². The first-order valence-electron chi connectivity index (χ1n) is 7.39. The molecule has 0 aliphatic heterocycles. The summed E-state index contributed by atoms with van der Waals surface area (Å²) in [7, 11) is 0. The van der Waals surface area contributed by atoms with Gasteiger partial charge in [-0.25, -0.2) is 0 Å². The Labute approximate surface area is 107 Å². The highest BCUT2D eigenvalue weighted by Crippen LogP contribution is 2.20. The molecule has 2 atom stereocenters. The van der Waals surface area contributed by atoms with Crippen molar-refractivity contribution in [1.29, 1.82) is 0 Å². The lowest BCUT2D eigenvalue weighted by Gasteiger charge is -2.17. The molecule has 1 heteroatoms. The molecule has 2 unspecified atom stereocenters. The van der Waals surface area contributed by atoms with E-state index in [0.29, 0.717) is 11.7 Å². The summed E-state index contributed by atoms with van der Waals surface area (Å²) in [6.45, 7) is 4.31. The predicted molar refractivity (Wildman–Crippen MR) is 74.0 cm³/mol. The second-order valence-electron chi connectivity index (χ2n) is 5.60. The Balaban J connectivity index is 2.45. The quantitative estimate of drug-likeness (QED) is 0.546. The number of rotatable bonds is 0. The van der Waals surface area contributed by atoms with Gasteiger partial charge in [0.05, 0.1) is 0 Å². The van der Waals surface area contributed by atoms with Gasteiger partial charge in [-0.05, 0) is 31.6 Å². The van der Waals surface area contributed by atoms with Gasteiger partial charge in [0.2, 0.25) is 0 Å². The van der Waals surface area contributed by atoms with E-state index in [-0.39, 0.29) is 5.92 Å². The molecule has 0 fully saturated rings. The van der Waals surface area contributed by atoms with E-state index in [0.717, 1.165) is 19.3 Å². The highest BCUT2D eigenvalue weighted by atomic mass is 16.1. The number of carbonyl (C=O) groups excluding carboxylic acids is 1. The molecule has 0 spiro atoms. The largest absolute Gasteiger partial charge is 0.299 e. The van der Waals surface area contributed by atoms with Gasteiger partial charge in [0.25, 0.3) is 0 Å². The van der Waals surface area contributed by atoms with Crippen LogP contribution in [0.3, 0.4) is 0 Å². The van der Waals surface area contributed by atoms with E-state index >= 15 is 0 Å². The lowest BCUT2D eigenvalue weighted by molar-refractivity contribution is -0.123. The van der Waals surface area contributed by atoms with E-state index in [9.17, 15) is 4.79 Å². The molecule has 0 radical (unpaired) electrons. The molecular weight excluding hydrogens is 208 g/mol. The summed E-state index contributed by atoms with van der Waals surface area (Å²) in [6.07, 6.45) is 15.3. The minimum absolute atomic E-state index is 0.239. The summed E-state index contributed by atoms with van der Waals surface area (Å²) in [6, 6.07) is 0. The number of carbonyl (C=O) groups is 1. The third-order valence-corrected chi connectivity index (χ3v) is 4.08. The topological polar surface area (TPSA) is 17.1 Å². The van der Waals surface area contributed by atoms with Crippen molar-refractivity contribution in [2.75, 3.05) is 0 Å². The zero-order valence-corrected chi connectivity index (χ0v) is 11.6. The van der Waals surface area contributed by atoms with Crippen molar-refractivity contribution in [2.45, 2.75) is 71.6 Å². The predicted octanol–water partition coefficient (Wildman–Crippen LogP) is 4.91. The highest BCUT2D eigenvalue weighted by Gasteiger charge is 2.18. The van der Waals surface area contributed by atoms with Gasteiger partial charge in [0, 0.05) is 12.3 Å². The Morgan fingerprint density at radius 3 is 2.35 bits per heavy atom. The summed E-state index contributed by atoms with van der Waals surface area (Å²) in [4.78, 5) is 12.0. The monoisotopic (exact) mass is 236 g/mol. The van der Waals surface area contributed by atoms with Crippen LogP contribution in [0.4, 0.5) is 0 Å². The molecule has 0 aromatic rings. The van der Waals surface area contributed by atoms with E-state index in [4.69, 9.17) is 0 Å². The van der Waals surface area contributed by atoms with Crippen molar-refractivity contribution in [3.05, 3.63) is 12.2 Å². The van der Waals surface area contributed by atoms with Crippen molar-refractivity contribution >= 4 is 5.78 Å². The van der Waals surface area contributed by atoms with E-state index < -0.39 is 0 Å². The van der Waals surface area contributed by atoms with Crippen LogP contribution < -0.4 is 0 Å². The van der Waals surface area contributed by atoms with Crippen LogP contribution in [-0.2, 0) is 4.79 Å². The van der Waals surface area contributed by atoms with Gasteiger partial charge in [-0.15, -0.1) is 0 Å². The van der Waals surface area contributed by atoms with Crippen molar-refractivity contribution in [1.82, 2.24) is 0 Å². The van der Waals surface area contributed by atoms with E-state index in [1.54, 1.807) is 0 Å². The van der Waals surface area contributed by atoms with Gasteiger partial charge in [0.15, 0.2) is 0 Å². The molecule has 1 nitrogen and oxygen atoms in total. The van der Waals surface area contributed by atoms with Gasteiger partial charge >= 0.3 is 0 Å². The summed E-state index contributed by atoms with van der Waals surface area (Å²) in [5, 5.41) is 0. The lowest BCUT2D eigenvalue weighted by Crippen LogP contribution is -2.18. The Bertz CT molecular complexity index is 242. The first-order chi connectivity index (χ1) is 8.22. The SMILES string of the molecule is CC1C/C=C\CCCCCCCCC(=O)C1C. The molecule has 1 rings (SSSR count). The van der Waals surface area contributed by atoms with Gasteiger partial charge in [-0.3, -0.25) is 4.79 Å². The lowest BCUT2D eigenvalue weighted by atomic mass is 9.87. The Hall–Kier alpha value is -0.590. The third kappa shape index (κ3) is 6.05. The summed E-state index contributed by atoms with van der Waals surface area (Å²) >= 11 is 0. The second-order valence-corrected chi connectivity index (χ2v) is 5.60. The van der Waals surface area contributed by atoms with Crippen LogP contribution in [0.1, 0.15) is 71.6 Å². The summed E-state index contributed by atoms with van der Waals surface area (Å²) < 4.78 is 0. The van der Waals surface area contributed by atoms with E-state index in [1.807, 2.05) is 0 Å². The van der Waals surface area contributed by atoms with Crippen LogP contribution >= 0.6 is 0 Å². The number of hydrogen-bond acceptors (Lipinski definition) is 1. The maximum absolute atomic E-state index is 12.0. The smallest absolute Gasteiger partial charge is 0.135 e. The maximum atomic E-state index is 12.0. The van der Waals surface area contributed by atoms with Crippen molar-refractivity contribution < 1.29 is 4.79 Å². The molecule has 0 heterocycles. The van der Waals surface area contributed by atoms with Crippen molar-refractivity contribution in [2.24, 2.45) is 11.8 Å². The van der Waals surface area contributed by atoms with Crippen LogP contribution in [0.5, 0.6) is 0 Å². The molecule has 0 aromatic heterocycles. The van der Waals surface area contributed by atoms with Crippen LogP contribution in [-0.4, -0.2) is 5.78 Å². The molecule has 1 aliphatic rings. The zero-order valence-electron chi connectivity index (χ0n) is 11.6. The standard InChI is InChI=1S/C16H28O/c1-14-12-10-8-6-4-3-5-7-9-11-13-16(17)15(14)2/h8,10,14-15H,3-7,9,11-13H2,1-2H3/b10-8-. The first kappa shape index (κ1) is 14.5. The Kier molecular flexibility index (Phi) is 7.23. The van der Waals surface area contributed by atoms with Gasteiger partial charge in [-0.1, -0.05) is 51.7 Å². The number of ketones is 1. The Morgan fingerprint density at radius 2 is 1.59 bits per heavy atom. The van der Waals surface area contributed by atoms with Crippen molar-refractivity contribution in [3.63, 3.8) is 0 Å². The fourth-order valence-corrected chi connectivity index (χ4v) is 2.45. The molecule has 0 amide bonds. The normalized spacial score (nSPS) is 31.8. The Morgan fingerprint density at radius 1 is 0.941 bits per heavy atom. The van der Waals surface area contributed by atoms with E-state index in [1.165, 1.54) is 38.5 Å². The third-order valence-electron chi connectivity index (χ3n) is 4.08. The molecule has 0 aromatic carbocycles. The number of allylic oxidation sites excluding steroid dienone is 2. The van der Waals surface area contributed by atoms with E-state index in [2.05, 4.69) is 26.0 Å². The molecule has 0 bridgehead atoms. The fourth-order valence-electron chi connectivity index (χ4n) is 2.45. The second kappa shape index (κ2) is 8.49. The average Bonchev–Trinajstić information content (AvgIpc) is 2.33. The minimum atomic E-state index is 0.239. The minimum Gasteiger partial charge on any atom is -0.299 e. The maximum Gasteiger partial charge on any atom is 0.135 e. The van der Waals surface area contributed by atoms with Crippen molar-refractivity contribution in [3.8, 4) is 0 Å². The molecule has 17 heavy (non-hydrogen) atoms. The molecule has 0 saturated heterocycles. The number of hydrogen-bond donors (Lipinski definition) is 0. The molecule has 0 N–H and O–H groups in total. The van der Waals surface area contributed by atoms with Gasteiger partial charge in [-0.2, -0.15) is 0 Å². The fraction of sp³-hybridized carbons (Fsp3) is 0.812. The summed E-state index contributed by atoms with van der Waals surface area (Å²) in [5.74, 6) is 1.22. The zero-order chi connectivity index (χ0) is 12.5. The first-order valence-corrected chi connectivity index (χ1v) is 7.39. The molecule has 0 saturated carbocycles. The summed E-state index contributed by atoms with van der Waals surface area (Å²) in [5.41, 5.74) is 0. The van der Waals surface area contributed by atoms with Crippen LogP contribution in [0.15, 0.2) is 12.2 Å². The van der Waals surface area contributed by atoms with Crippen LogP contribution in [0.2, 0.25) is 0 Å². The van der Waals surface area contributed by atoms with Crippen LogP contribution in [0, 0.1) is 11.8 Å². The highest BCUT2D eigenvalue weighted by molar-refractivity contribution is 5.80.